The van der Waals surface area contributed by atoms with E-state index in [4.69, 9.17) is 9.97 Å². The van der Waals surface area contributed by atoms with E-state index in [2.05, 4.69) is 193 Å². The maximum Gasteiger partial charge on any atom is 0.0973 e. The number of benzene rings is 9. The van der Waals surface area contributed by atoms with Crippen molar-refractivity contribution in [2.24, 2.45) is 0 Å². The number of hydrogen-bond donors (Lipinski definition) is 0. The van der Waals surface area contributed by atoms with Crippen LogP contribution in [-0.4, -0.2) is 19.1 Å². The Morgan fingerprint density at radius 1 is 0.377 bits per heavy atom. The van der Waals surface area contributed by atoms with Gasteiger partial charge in [0, 0.05) is 49.5 Å². The molecule has 0 saturated carbocycles. The van der Waals surface area contributed by atoms with Crippen LogP contribution in [0.4, 0.5) is 0 Å². The molecule has 0 aliphatic heterocycles. The van der Waals surface area contributed by atoms with Gasteiger partial charge < -0.3 is 9.13 Å². The number of nitrogens with zero attached hydrogens (tertiary/aromatic N) is 4. The van der Waals surface area contributed by atoms with Crippen LogP contribution in [0, 0.1) is 0 Å². The van der Waals surface area contributed by atoms with Gasteiger partial charge in [0.2, 0.25) is 0 Å². The Kier molecular flexibility index (Phi) is 7.04. The zero-order chi connectivity index (χ0) is 40.4. The van der Waals surface area contributed by atoms with Crippen molar-refractivity contribution in [1.29, 1.82) is 0 Å². The molecule has 0 saturated heterocycles. The summed E-state index contributed by atoms with van der Waals surface area (Å²) >= 11 is 0. The lowest BCUT2D eigenvalue weighted by atomic mass is 9.81. The quantitative estimate of drug-likeness (QED) is 0.178. The topological polar surface area (TPSA) is 35.6 Å². The zero-order valence-electron chi connectivity index (χ0n) is 33.8. The Bertz CT molecular complexity index is 3780. The van der Waals surface area contributed by atoms with Gasteiger partial charge in [-0.3, -0.25) is 0 Å². The van der Waals surface area contributed by atoms with Crippen LogP contribution in [0.15, 0.2) is 194 Å². The molecular weight excluding hydrogens is 741 g/mol. The molecule has 3 heterocycles. The van der Waals surface area contributed by atoms with Gasteiger partial charge >= 0.3 is 0 Å². The summed E-state index contributed by atoms with van der Waals surface area (Å²) in [5.41, 5.74) is 17.7. The summed E-state index contributed by atoms with van der Waals surface area (Å²) in [6.45, 7) is 4.74. The Labute approximate surface area is 352 Å². The van der Waals surface area contributed by atoms with Gasteiger partial charge in [-0.15, -0.1) is 0 Å². The molecule has 286 valence electrons. The highest BCUT2D eigenvalue weighted by Gasteiger charge is 2.36. The molecule has 1 aliphatic rings. The Balaban J connectivity index is 1.03. The monoisotopic (exact) mass is 778 g/mol. The van der Waals surface area contributed by atoms with Gasteiger partial charge in [-0.25, -0.2) is 9.97 Å². The Morgan fingerprint density at radius 3 is 1.77 bits per heavy atom. The van der Waals surface area contributed by atoms with E-state index in [1.807, 2.05) is 24.3 Å². The van der Waals surface area contributed by atoms with Crippen LogP contribution in [0.5, 0.6) is 0 Å². The van der Waals surface area contributed by atoms with Crippen LogP contribution >= 0.6 is 0 Å². The van der Waals surface area contributed by atoms with Gasteiger partial charge in [-0.2, -0.15) is 0 Å². The third-order valence-corrected chi connectivity index (χ3v) is 13.3. The van der Waals surface area contributed by atoms with Crippen LogP contribution < -0.4 is 0 Å². The maximum atomic E-state index is 5.26. The molecule has 4 heteroatoms. The average Bonchev–Trinajstić information content (AvgIpc) is 3.90. The van der Waals surface area contributed by atoms with Gasteiger partial charge in [-0.05, 0) is 99.8 Å². The fraction of sp³-hybridized carbons (Fsp3) is 0.0526. The lowest BCUT2D eigenvalue weighted by Gasteiger charge is -2.23. The average molecular weight is 779 g/mol. The minimum Gasteiger partial charge on any atom is -0.309 e. The molecule has 0 unspecified atom stereocenters. The van der Waals surface area contributed by atoms with Crippen molar-refractivity contribution >= 4 is 65.4 Å². The van der Waals surface area contributed by atoms with E-state index in [1.165, 1.54) is 76.6 Å². The third kappa shape index (κ3) is 4.87. The molecule has 12 aromatic rings. The number of hydrogen-bond acceptors (Lipinski definition) is 2. The van der Waals surface area contributed by atoms with E-state index in [1.54, 1.807) is 0 Å². The van der Waals surface area contributed by atoms with Crippen molar-refractivity contribution < 1.29 is 0 Å². The Morgan fingerprint density at radius 2 is 0.984 bits per heavy atom. The molecule has 4 nitrogen and oxygen atoms in total. The first-order valence-electron chi connectivity index (χ1n) is 21.1. The summed E-state index contributed by atoms with van der Waals surface area (Å²) in [6.07, 6.45) is 0. The zero-order valence-corrected chi connectivity index (χ0v) is 33.8. The highest BCUT2D eigenvalue weighted by molar-refractivity contribution is 6.25. The normalized spacial score (nSPS) is 13.2. The standard InChI is InChI=1S/C57H38N4/c1-57(2)46-31-37(56-55(36-16-5-3-6-17-36)58-48-22-12-13-23-49(48)59-56)25-28-41(46)42-29-27-39(32-47(42)57)61-51-30-26-35-15-9-10-20-40(35)54(51)45-33-44-43-21-11-14-24-50(43)60(52(44)34-53(45)61)38-18-7-4-8-19-38/h3-34H,1-2H3. The molecule has 61 heavy (non-hydrogen) atoms. The number of aromatic nitrogens is 4. The fourth-order valence-corrected chi connectivity index (χ4v) is 10.4. The lowest BCUT2D eigenvalue weighted by molar-refractivity contribution is 0.660. The summed E-state index contributed by atoms with van der Waals surface area (Å²) in [5.74, 6) is 0. The second kappa shape index (κ2) is 12.6. The highest BCUT2D eigenvalue weighted by Crippen LogP contribution is 2.51. The van der Waals surface area contributed by atoms with Crippen molar-refractivity contribution in [3.05, 3.63) is 205 Å². The smallest absolute Gasteiger partial charge is 0.0973 e. The van der Waals surface area contributed by atoms with Crippen LogP contribution in [0.2, 0.25) is 0 Å². The van der Waals surface area contributed by atoms with Crippen LogP contribution in [0.25, 0.3) is 110 Å². The maximum absolute atomic E-state index is 5.26. The van der Waals surface area contributed by atoms with Crippen molar-refractivity contribution in [3.8, 4) is 45.0 Å². The van der Waals surface area contributed by atoms with E-state index >= 15 is 0 Å². The molecule has 13 rings (SSSR count). The molecule has 0 spiro atoms. The molecule has 0 amide bonds. The first-order valence-corrected chi connectivity index (χ1v) is 21.1. The number of fused-ring (bicyclic) bond motifs is 12. The van der Waals surface area contributed by atoms with Gasteiger partial charge in [0.05, 0.1) is 44.5 Å². The van der Waals surface area contributed by atoms with Crippen LogP contribution in [-0.2, 0) is 5.41 Å². The van der Waals surface area contributed by atoms with Crippen molar-refractivity contribution in [2.75, 3.05) is 0 Å². The van der Waals surface area contributed by atoms with E-state index in [0.717, 1.165) is 44.9 Å². The van der Waals surface area contributed by atoms with Gasteiger partial charge in [0.1, 0.15) is 0 Å². The molecule has 9 aromatic carbocycles. The Hall–Kier alpha value is -7.82. The largest absolute Gasteiger partial charge is 0.309 e. The molecule has 0 bridgehead atoms. The fourth-order valence-electron chi connectivity index (χ4n) is 10.4. The lowest BCUT2D eigenvalue weighted by Crippen LogP contribution is -2.15. The first kappa shape index (κ1) is 34.1. The number of para-hydroxylation sites is 4. The molecular formula is C57H38N4. The summed E-state index contributed by atoms with van der Waals surface area (Å²) in [6, 6.07) is 70.5. The molecule has 3 aromatic heterocycles. The van der Waals surface area contributed by atoms with Gasteiger partial charge in [-0.1, -0.05) is 141 Å². The van der Waals surface area contributed by atoms with Crippen LogP contribution in [0.3, 0.4) is 0 Å². The summed E-state index contributed by atoms with van der Waals surface area (Å²) < 4.78 is 4.93. The first-order chi connectivity index (χ1) is 30.0. The molecule has 0 fully saturated rings. The third-order valence-electron chi connectivity index (χ3n) is 13.3. The van der Waals surface area contributed by atoms with Gasteiger partial charge in [0.15, 0.2) is 0 Å². The molecule has 0 atom stereocenters. The second-order valence-corrected chi connectivity index (χ2v) is 17.0. The molecule has 0 N–H and O–H groups in total. The minimum absolute atomic E-state index is 0.271. The predicted octanol–water partition coefficient (Wildman–Crippen LogP) is 14.6. The number of rotatable bonds is 4. The molecule has 0 radical (unpaired) electrons. The SMILES string of the molecule is CC1(C)c2cc(-c3nc4ccccc4nc3-c3ccccc3)ccc2-c2ccc(-n3c4cc5c(cc4c4c6ccccc6ccc43)c3ccccc3n5-c3ccccc3)cc21. The summed E-state index contributed by atoms with van der Waals surface area (Å²) in [5, 5.41) is 7.56. The van der Waals surface area contributed by atoms with E-state index in [0.29, 0.717) is 0 Å². The minimum atomic E-state index is -0.271. The van der Waals surface area contributed by atoms with E-state index in [9.17, 15) is 0 Å². The van der Waals surface area contributed by atoms with E-state index in [-0.39, 0.29) is 5.41 Å². The van der Waals surface area contributed by atoms with Crippen molar-refractivity contribution in [3.63, 3.8) is 0 Å². The van der Waals surface area contributed by atoms with E-state index < -0.39 is 0 Å². The molecule has 1 aliphatic carbocycles. The highest BCUT2D eigenvalue weighted by atomic mass is 15.0. The van der Waals surface area contributed by atoms with Gasteiger partial charge in [0.25, 0.3) is 0 Å². The van der Waals surface area contributed by atoms with Crippen LogP contribution in [0.1, 0.15) is 25.0 Å². The summed E-state index contributed by atoms with van der Waals surface area (Å²) in [7, 11) is 0. The van der Waals surface area contributed by atoms with Crippen molar-refractivity contribution in [1.82, 2.24) is 19.1 Å². The van der Waals surface area contributed by atoms with Crippen molar-refractivity contribution in [2.45, 2.75) is 19.3 Å². The predicted molar refractivity (Wildman–Crippen MR) is 254 cm³/mol. The summed E-state index contributed by atoms with van der Waals surface area (Å²) in [4.78, 5) is 10.5. The second-order valence-electron chi connectivity index (χ2n) is 17.0.